The largest absolute Gasteiger partial charge is 0.337 e. The lowest BCUT2D eigenvalue weighted by Crippen LogP contribution is -2.24. The normalized spacial score (nSPS) is 14.4. The third kappa shape index (κ3) is 3.00. The first kappa shape index (κ1) is 13.3. The van der Waals surface area contributed by atoms with Crippen LogP contribution in [0.15, 0.2) is 41.1 Å². The lowest BCUT2D eigenvalue weighted by molar-refractivity contribution is 0.467. The van der Waals surface area contributed by atoms with Gasteiger partial charge in [-0.15, -0.1) is 0 Å². The van der Waals surface area contributed by atoms with Gasteiger partial charge in [0.1, 0.15) is 5.82 Å². The molecular formula is C14H18BrN3. The van der Waals surface area contributed by atoms with E-state index in [0.29, 0.717) is 6.04 Å². The monoisotopic (exact) mass is 307 g/mol. The Bertz CT molecular complexity index is 504. The van der Waals surface area contributed by atoms with Crippen LogP contribution >= 0.6 is 15.9 Å². The van der Waals surface area contributed by atoms with Crippen LogP contribution in [0.2, 0.25) is 0 Å². The van der Waals surface area contributed by atoms with E-state index in [0.717, 1.165) is 10.3 Å². The van der Waals surface area contributed by atoms with Crippen LogP contribution in [-0.2, 0) is 7.05 Å². The number of aromatic nitrogens is 2. The van der Waals surface area contributed by atoms with Gasteiger partial charge in [-0.3, -0.25) is 0 Å². The van der Waals surface area contributed by atoms with Crippen LogP contribution in [0.4, 0.5) is 0 Å². The second kappa shape index (κ2) is 5.67. The second-order valence-electron chi connectivity index (χ2n) is 4.56. The Hall–Kier alpha value is -1.13. The molecule has 1 aromatic carbocycles. The first-order valence-corrected chi connectivity index (χ1v) is 6.86. The number of rotatable bonds is 4. The zero-order chi connectivity index (χ0) is 13.1. The highest BCUT2D eigenvalue weighted by molar-refractivity contribution is 9.10. The van der Waals surface area contributed by atoms with E-state index < -0.39 is 0 Å². The van der Waals surface area contributed by atoms with Gasteiger partial charge < -0.3 is 9.88 Å². The van der Waals surface area contributed by atoms with Gasteiger partial charge in [0, 0.05) is 30.0 Å². The van der Waals surface area contributed by atoms with E-state index in [9.17, 15) is 0 Å². The number of halogens is 1. The third-order valence-corrected chi connectivity index (χ3v) is 3.64. The van der Waals surface area contributed by atoms with Gasteiger partial charge in [-0.1, -0.05) is 28.1 Å². The minimum Gasteiger partial charge on any atom is -0.337 e. The van der Waals surface area contributed by atoms with E-state index >= 15 is 0 Å². The summed E-state index contributed by atoms with van der Waals surface area (Å²) in [6.45, 7) is 4.31. The average molecular weight is 308 g/mol. The Morgan fingerprint density at radius 3 is 2.39 bits per heavy atom. The second-order valence-corrected chi connectivity index (χ2v) is 5.47. The van der Waals surface area contributed by atoms with E-state index in [-0.39, 0.29) is 6.04 Å². The number of aryl methyl sites for hydroxylation is 1. The number of benzene rings is 1. The molecule has 0 saturated heterocycles. The lowest BCUT2D eigenvalue weighted by Gasteiger charge is -2.20. The zero-order valence-corrected chi connectivity index (χ0v) is 12.5. The molecule has 0 aliphatic rings. The molecule has 0 saturated carbocycles. The number of hydrogen-bond acceptors (Lipinski definition) is 2. The third-order valence-electron chi connectivity index (χ3n) is 3.12. The molecule has 2 aromatic rings. The van der Waals surface area contributed by atoms with Crippen LogP contribution in [0.3, 0.4) is 0 Å². The van der Waals surface area contributed by atoms with Crippen molar-refractivity contribution in [3.63, 3.8) is 0 Å². The molecule has 0 radical (unpaired) electrons. The van der Waals surface area contributed by atoms with Crippen LogP contribution in [-0.4, -0.2) is 9.55 Å². The molecule has 0 bridgehead atoms. The number of nitrogens with zero attached hydrogens (tertiary/aromatic N) is 2. The van der Waals surface area contributed by atoms with Gasteiger partial charge in [0.15, 0.2) is 0 Å². The fourth-order valence-electron chi connectivity index (χ4n) is 2.09. The smallest absolute Gasteiger partial charge is 0.125 e. The summed E-state index contributed by atoms with van der Waals surface area (Å²) in [7, 11) is 2.02. The molecule has 0 aliphatic heterocycles. The number of imidazole rings is 1. The highest BCUT2D eigenvalue weighted by Gasteiger charge is 2.14. The molecule has 0 fully saturated rings. The van der Waals surface area contributed by atoms with Gasteiger partial charge in [0.05, 0.1) is 6.04 Å². The number of hydrogen-bond donors (Lipinski definition) is 1. The van der Waals surface area contributed by atoms with E-state index in [1.807, 2.05) is 24.0 Å². The maximum atomic E-state index is 4.37. The van der Waals surface area contributed by atoms with Crippen LogP contribution in [0.25, 0.3) is 0 Å². The van der Waals surface area contributed by atoms with Crippen molar-refractivity contribution in [1.29, 1.82) is 0 Å². The summed E-state index contributed by atoms with van der Waals surface area (Å²) >= 11 is 3.45. The summed E-state index contributed by atoms with van der Waals surface area (Å²) in [5.41, 5.74) is 1.28. The van der Waals surface area contributed by atoms with Crippen molar-refractivity contribution in [3.8, 4) is 0 Å². The highest BCUT2D eigenvalue weighted by atomic mass is 79.9. The quantitative estimate of drug-likeness (QED) is 0.935. The highest BCUT2D eigenvalue weighted by Crippen LogP contribution is 2.20. The topological polar surface area (TPSA) is 29.9 Å². The summed E-state index contributed by atoms with van der Waals surface area (Å²) in [5, 5.41) is 3.56. The Morgan fingerprint density at radius 2 is 1.83 bits per heavy atom. The Balaban J connectivity index is 2.05. The maximum Gasteiger partial charge on any atom is 0.125 e. The predicted molar refractivity (Wildman–Crippen MR) is 77.3 cm³/mol. The van der Waals surface area contributed by atoms with E-state index in [1.165, 1.54) is 5.56 Å². The molecule has 0 aliphatic carbocycles. The minimum atomic E-state index is 0.226. The molecule has 3 nitrogen and oxygen atoms in total. The molecule has 0 spiro atoms. The Morgan fingerprint density at radius 1 is 1.17 bits per heavy atom. The van der Waals surface area contributed by atoms with Gasteiger partial charge in [0.2, 0.25) is 0 Å². The van der Waals surface area contributed by atoms with Gasteiger partial charge >= 0.3 is 0 Å². The Kier molecular flexibility index (Phi) is 4.19. The minimum absolute atomic E-state index is 0.226. The molecule has 2 atom stereocenters. The molecular weight excluding hydrogens is 290 g/mol. The van der Waals surface area contributed by atoms with Gasteiger partial charge in [0.25, 0.3) is 0 Å². The summed E-state index contributed by atoms with van der Waals surface area (Å²) < 4.78 is 3.15. The lowest BCUT2D eigenvalue weighted by atomic mass is 10.1. The maximum absolute atomic E-state index is 4.37. The molecule has 1 heterocycles. The van der Waals surface area contributed by atoms with Crippen molar-refractivity contribution in [2.24, 2.45) is 7.05 Å². The molecule has 4 heteroatoms. The van der Waals surface area contributed by atoms with Gasteiger partial charge in [-0.25, -0.2) is 4.98 Å². The van der Waals surface area contributed by atoms with Crippen molar-refractivity contribution < 1.29 is 0 Å². The van der Waals surface area contributed by atoms with Crippen LogP contribution < -0.4 is 5.32 Å². The van der Waals surface area contributed by atoms with Crippen molar-refractivity contribution >= 4 is 15.9 Å². The van der Waals surface area contributed by atoms with E-state index in [2.05, 4.69) is 64.3 Å². The molecule has 96 valence electrons. The van der Waals surface area contributed by atoms with Crippen molar-refractivity contribution in [2.45, 2.75) is 25.9 Å². The van der Waals surface area contributed by atoms with E-state index in [1.54, 1.807) is 0 Å². The fraction of sp³-hybridized carbons (Fsp3) is 0.357. The first-order chi connectivity index (χ1) is 8.58. The predicted octanol–water partition coefficient (Wildman–Crippen LogP) is 3.59. The summed E-state index contributed by atoms with van der Waals surface area (Å²) in [5.74, 6) is 1.05. The van der Waals surface area contributed by atoms with Crippen LogP contribution in [0.5, 0.6) is 0 Å². The summed E-state index contributed by atoms with van der Waals surface area (Å²) in [4.78, 5) is 4.37. The molecule has 2 rings (SSSR count). The molecule has 0 amide bonds. The summed E-state index contributed by atoms with van der Waals surface area (Å²) in [6.07, 6.45) is 3.80. The molecule has 2 unspecified atom stereocenters. The molecule has 18 heavy (non-hydrogen) atoms. The Labute approximate surface area is 116 Å². The van der Waals surface area contributed by atoms with E-state index in [4.69, 9.17) is 0 Å². The molecule has 1 N–H and O–H groups in total. The van der Waals surface area contributed by atoms with Crippen molar-refractivity contribution in [3.05, 3.63) is 52.5 Å². The SMILES string of the molecule is CC(NC(C)c1nccn1C)c1ccc(Br)cc1. The fourth-order valence-corrected chi connectivity index (χ4v) is 2.36. The van der Waals surface area contributed by atoms with Gasteiger partial charge in [-0.05, 0) is 31.5 Å². The van der Waals surface area contributed by atoms with Crippen molar-refractivity contribution in [2.75, 3.05) is 0 Å². The zero-order valence-electron chi connectivity index (χ0n) is 10.9. The van der Waals surface area contributed by atoms with Gasteiger partial charge in [-0.2, -0.15) is 0 Å². The van der Waals surface area contributed by atoms with Crippen molar-refractivity contribution in [1.82, 2.24) is 14.9 Å². The first-order valence-electron chi connectivity index (χ1n) is 6.06. The van der Waals surface area contributed by atoms with Crippen LogP contribution in [0.1, 0.15) is 37.3 Å². The molecule has 1 aromatic heterocycles. The number of nitrogens with one attached hydrogen (secondary N) is 1. The summed E-state index contributed by atoms with van der Waals surface area (Å²) in [6, 6.07) is 8.92. The average Bonchev–Trinajstić information content (AvgIpc) is 2.76. The van der Waals surface area contributed by atoms with Crippen LogP contribution in [0, 0.1) is 0 Å². The standard InChI is InChI=1S/C14H18BrN3/c1-10(12-4-6-13(15)7-5-12)17-11(2)14-16-8-9-18(14)3/h4-11,17H,1-3H3.